The van der Waals surface area contributed by atoms with E-state index in [-0.39, 0.29) is 24.4 Å². The van der Waals surface area contributed by atoms with E-state index in [9.17, 15) is 14.4 Å². The lowest BCUT2D eigenvalue weighted by molar-refractivity contribution is -0.170. The molecule has 0 radical (unpaired) electrons. The number of ketones is 1. The number of hydrogen-bond acceptors (Lipinski definition) is 8. The zero-order valence-electron chi connectivity index (χ0n) is 20.6. The van der Waals surface area contributed by atoms with E-state index in [1.54, 1.807) is 7.11 Å². The number of esters is 2. The van der Waals surface area contributed by atoms with E-state index >= 15 is 0 Å². The van der Waals surface area contributed by atoms with Crippen LogP contribution >= 0.6 is 0 Å². The summed E-state index contributed by atoms with van der Waals surface area (Å²) in [6.45, 7) is 4.71. The molecule has 5 atom stereocenters. The van der Waals surface area contributed by atoms with Gasteiger partial charge in [-0.2, -0.15) is 0 Å². The lowest BCUT2D eigenvalue weighted by atomic mass is 9.46. The van der Waals surface area contributed by atoms with E-state index in [0.717, 1.165) is 43.0 Å². The Morgan fingerprint density at radius 3 is 2.66 bits per heavy atom. The molecule has 0 spiro atoms. The Morgan fingerprint density at radius 1 is 1.17 bits per heavy atom. The van der Waals surface area contributed by atoms with Gasteiger partial charge in [-0.25, -0.2) is 0 Å². The molecular weight excluding hydrogens is 450 g/mol. The molecule has 2 aliphatic heterocycles. The van der Waals surface area contributed by atoms with E-state index in [4.69, 9.17) is 18.9 Å². The monoisotopic (exact) mass is 483 g/mol. The first-order chi connectivity index (χ1) is 16.8. The maximum Gasteiger partial charge on any atom is 0.308 e. The van der Waals surface area contributed by atoms with Crippen LogP contribution in [0.4, 0.5) is 0 Å². The molecule has 188 valence electrons. The molecule has 2 saturated carbocycles. The van der Waals surface area contributed by atoms with E-state index in [0.29, 0.717) is 24.3 Å². The number of piperidine rings is 1. The van der Waals surface area contributed by atoms with Crippen LogP contribution in [0.1, 0.15) is 57.1 Å². The highest BCUT2D eigenvalue weighted by Gasteiger charge is 2.76. The predicted molar refractivity (Wildman–Crippen MR) is 124 cm³/mol. The molecule has 3 aliphatic carbocycles. The number of methoxy groups -OCH3 is 1. The van der Waals surface area contributed by atoms with Crippen LogP contribution in [0.25, 0.3) is 0 Å². The minimum absolute atomic E-state index is 0.0484. The Balaban J connectivity index is 1.57. The molecule has 0 unspecified atom stereocenters. The highest BCUT2D eigenvalue weighted by molar-refractivity contribution is 5.88. The van der Waals surface area contributed by atoms with E-state index in [1.807, 2.05) is 6.07 Å². The number of fused-ring (bicyclic) bond motifs is 1. The lowest BCUT2D eigenvalue weighted by Gasteiger charge is -2.63. The van der Waals surface area contributed by atoms with Crippen molar-refractivity contribution in [3.63, 3.8) is 0 Å². The lowest BCUT2D eigenvalue weighted by Crippen LogP contribution is -2.73. The van der Waals surface area contributed by atoms with Gasteiger partial charge >= 0.3 is 11.9 Å². The number of likely N-dealkylation sites (tertiary alicyclic amines) is 1. The third-order valence-corrected chi connectivity index (χ3v) is 9.06. The van der Waals surface area contributed by atoms with Gasteiger partial charge in [0.25, 0.3) is 0 Å². The highest BCUT2D eigenvalue weighted by Crippen LogP contribution is 2.68. The molecule has 8 heteroatoms. The van der Waals surface area contributed by atoms with Gasteiger partial charge in [0, 0.05) is 43.8 Å². The molecule has 35 heavy (non-hydrogen) atoms. The summed E-state index contributed by atoms with van der Waals surface area (Å²) in [5, 5.41) is 0. The first kappa shape index (κ1) is 23.0. The van der Waals surface area contributed by atoms with Gasteiger partial charge in [-0.3, -0.25) is 19.3 Å². The first-order valence-corrected chi connectivity index (χ1v) is 12.8. The van der Waals surface area contributed by atoms with E-state index in [2.05, 4.69) is 11.0 Å². The first-order valence-electron chi connectivity index (χ1n) is 12.8. The van der Waals surface area contributed by atoms with Crippen molar-refractivity contribution in [1.82, 2.24) is 4.90 Å². The van der Waals surface area contributed by atoms with Crippen molar-refractivity contribution in [2.24, 2.45) is 11.8 Å². The van der Waals surface area contributed by atoms with Crippen LogP contribution in [-0.4, -0.2) is 67.2 Å². The molecular formula is C27H33NO7. The van der Waals surface area contributed by atoms with Crippen molar-refractivity contribution in [2.75, 3.05) is 26.8 Å². The molecule has 5 aliphatic rings. The van der Waals surface area contributed by atoms with Gasteiger partial charge in [-0.05, 0) is 56.2 Å². The molecule has 2 saturated heterocycles. The quantitative estimate of drug-likeness (QED) is 0.451. The number of carbonyl (C=O) groups excluding carboxylic acids is 3. The average molecular weight is 484 g/mol. The summed E-state index contributed by atoms with van der Waals surface area (Å²) in [4.78, 5) is 40.2. The molecule has 4 fully saturated rings. The summed E-state index contributed by atoms with van der Waals surface area (Å²) in [5.41, 5.74) is 0.695. The number of benzene rings is 1. The summed E-state index contributed by atoms with van der Waals surface area (Å²) < 4.78 is 23.9. The van der Waals surface area contributed by atoms with Crippen molar-refractivity contribution in [1.29, 1.82) is 0 Å². The zero-order valence-corrected chi connectivity index (χ0v) is 20.6. The van der Waals surface area contributed by atoms with Crippen molar-refractivity contribution < 1.29 is 33.3 Å². The van der Waals surface area contributed by atoms with E-state index in [1.165, 1.54) is 26.7 Å². The standard InChI is InChI=1S/C27H33NO7/c1-15(29)33-14-21-24-19(31)8-9-27(35-21)22-12-18-6-7-20(32-3)25(34-16(2)30)23(18)26(24,27)10-11-28(22)13-17-4-5-17/h6-7,17,21-22,24H,4-5,8-14H2,1-3H3/t21-,22-,24+,26+,27-/m1/s1. The molecule has 8 nitrogen and oxygen atoms in total. The predicted octanol–water partition coefficient (Wildman–Crippen LogP) is 2.58. The van der Waals surface area contributed by atoms with Gasteiger partial charge in [-0.1, -0.05) is 6.07 Å². The van der Waals surface area contributed by atoms with Crippen LogP contribution in [0.5, 0.6) is 11.5 Å². The van der Waals surface area contributed by atoms with Crippen molar-refractivity contribution in [2.45, 2.75) is 75.5 Å². The maximum atomic E-state index is 13.6. The third-order valence-electron chi connectivity index (χ3n) is 9.06. The van der Waals surface area contributed by atoms with Gasteiger partial charge in [0.1, 0.15) is 18.5 Å². The van der Waals surface area contributed by atoms with Crippen LogP contribution in [0, 0.1) is 11.8 Å². The number of nitrogens with zero attached hydrogens (tertiary/aromatic N) is 1. The molecule has 6 rings (SSSR count). The largest absolute Gasteiger partial charge is 0.493 e. The van der Waals surface area contributed by atoms with E-state index < -0.39 is 29.0 Å². The highest BCUT2D eigenvalue weighted by atomic mass is 16.6. The third kappa shape index (κ3) is 3.22. The molecule has 1 aromatic rings. The molecule has 4 bridgehead atoms. The summed E-state index contributed by atoms with van der Waals surface area (Å²) in [7, 11) is 1.56. The molecule has 1 aromatic carbocycles. The fourth-order valence-corrected chi connectivity index (χ4v) is 7.78. The second kappa shape index (κ2) is 8.03. The minimum atomic E-state index is -0.662. The number of carbonyl (C=O) groups is 3. The summed E-state index contributed by atoms with van der Waals surface area (Å²) in [6.07, 6.45) is 4.53. The van der Waals surface area contributed by atoms with Crippen LogP contribution in [0.3, 0.4) is 0 Å². The van der Waals surface area contributed by atoms with Crippen LogP contribution < -0.4 is 9.47 Å². The Labute approximate surface area is 205 Å². The van der Waals surface area contributed by atoms with Crippen LogP contribution in [-0.2, 0) is 35.7 Å². The topological polar surface area (TPSA) is 91.4 Å². The number of Topliss-reactive ketones (excluding diaryl/α,β-unsaturated/α-hetero) is 1. The fourth-order valence-electron chi connectivity index (χ4n) is 7.78. The summed E-state index contributed by atoms with van der Waals surface area (Å²) in [5.74, 6) is 0.468. The number of hydrogen-bond donors (Lipinski definition) is 0. The van der Waals surface area contributed by atoms with Crippen LogP contribution in [0.15, 0.2) is 12.1 Å². The number of rotatable bonds is 6. The summed E-state index contributed by atoms with van der Waals surface area (Å²) in [6, 6.07) is 4.03. The average Bonchev–Trinajstić information content (AvgIpc) is 3.59. The fraction of sp³-hybridized carbons (Fsp3) is 0.667. The SMILES string of the molecule is COc1ccc2c(c1OC(C)=O)[C@]13CCN(CC4CC4)[C@H](C2)[C@]12CCC(=O)[C@H]3[C@@H](COC(C)=O)O2. The summed E-state index contributed by atoms with van der Waals surface area (Å²) >= 11 is 0. The molecule has 2 heterocycles. The Bertz CT molecular complexity index is 1100. The maximum absolute atomic E-state index is 13.6. The normalized spacial score (nSPS) is 35.2. The van der Waals surface area contributed by atoms with Gasteiger partial charge in [-0.15, -0.1) is 0 Å². The molecule has 0 N–H and O–H groups in total. The number of ether oxygens (including phenoxy) is 4. The van der Waals surface area contributed by atoms with Crippen molar-refractivity contribution >= 4 is 17.7 Å². The van der Waals surface area contributed by atoms with Crippen LogP contribution in [0.2, 0.25) is 0 Å². The smallest absolute Gasteiger partial charge is 0.308 e. The van der Waals surface area contributed by atoms with Crippen molar-refractivity contribution in [3.8, 4) is 11.5 Å². The Hall–Kier alpha value is -2.45. The molecule has 0 aromatic heterocycles. The zero-order chi connectivity index (χ0) is 24.5. The van der Waals surface area contributed by atoms with Gasteiger partial charge in [0.15, 0.2) is 11.5 Å². The van der Waals surface area contributed by atoms with Gasteiger partial charge < -0.3 is 18.9 Å². The second-order valence-corrected chi connectivity index (χ2v) is 10.9. The Morgan fingerprint density at radius 2 is 1.97 bits per heavy atom. The second-order valence-electron chi connectivity index (χ2n) is 10.9. The van der Waals surface area contributed by atoms with Gasteiger partial charge in [0.05, 0.1) is 18.6 Å². The molecule has 0 amide bonds. The Kier molecular flexibility index (Phi) is 5.27. The van der Waals surface area contributed by atoms with Crippen molar-refractivity contribution in [3.05, 3.63) is 23.3 Å². The van der Waals surface area contributed by atoms with Gasteiger partial charge in [0.2, 0.25) is 0 Å². The minimum Gasteiger partial charge on any atom is -0.493 e.